The Bertz CT molecular complexity index is 303. The van der Waals surface area contributed by atoms with E-state index >= 15 is 0 Å². The van der Waals surface area contributed by atoms with Crippen molar-refractivity contribution < 1.29 is 0 Å². The quantitative estimate of drug-likeness (QED) is 0.608. The number of hydrazine groups is 1. The third kappa shape index (κ3) is 3.80. The average molecular weight is 287 g/mol. The van der Waals surface area contributed by atoms with Gasteiger partial charge in [-0.05, 0) is 40.2 Å². The molecule has 0 aliphatic heterocycles. The first kappa shape index (κ1) is 15.5. The van der Waals surface area contributed by atoms with Crippen LogP contribution in [0, 0.1) is 0 Å². The van der Waals surface area contributed by atoms with E-state index in [9.17, 15) is 0 Å². The van der Waals surface area contributed by atoms with E-state index in [0.717, 1.165) is 0 Å². The van der Waals surface area contributed by atoms with Crippen LogP contribution in [0.5, 0.6) is 0 Å². The van der Waals surface area contributed by atoms with E-state index in [0.29, 0.717) is 0 Å². The monoisotopic (exact) mass is 286 g/mol. The van der Waals surface area contributed by atoms with Crippen molar-refractivity contribution in [1.29, 1.82) is 0 Å². The maximum Gasteiger partial charge on any atom is 0.0737 e. The van der Waals surface area contributed by atoms with Crippen molar-refractivity contribution in [2.75, 3.05) is 7.05 Å². The Morgan fingerprint density at radius 2 is 1.75 bits per heavy atom. The largest absolute Gasteiger partial charge is 0.301 e. The summed E-state index contributed by atoms with van der Waals surface area (Å²) in [7, 11) is 1.94. The van der Waals surface area contributed by atoms with Crippen LogP contribution in [-0.2, 0) is 0 Å². The molecule has 0 fully saturated rings. The van der Waals surface area contributed by atoms with Crippen LogP contribution >= 0.6 is 15.9 Å². The van der Waals surface area contributed by atoms with Crippen LogP contribution in [0.2, 0.25) is 0 Å². The summed E-state index contributed by atoms with van der Waals surface area (Å²) in [6.45, 7) is 10.4. The molecular weight excluding hydrogens is 264 g/mol. The second-order valence-electron chi connectivity index (χ2n) is 3.59. The van der Waals surface area contributed by atoms with E-state index in [1.165, 1.54) is 15.8 Å². The number of nitrogens with one attached hydrogen (secondary N) is 1. The first-order chi connectivity index (χ1) is 7.53. The molecule has 0 aromatic rings. The van der Waals surface area contributed by atoms with Gasteiger partial charge >= 0.3 is 0 Å². The molecule has 1 N–H and O–H groups in total. The normalized spacial score (nSPS) is 16.3. The Labute approximate surface area is 108 Å². The smallest absolute Gasteiger partial charge is 0.0737 e. The SMILES string of the molecule is C/C=C(C)/C(=C\C)N(NC)C(C)/C(Br)=C\C. The van der Waals surface area contributed by atoms with E-state index in [1.807, 2.05) is 14.0 Å². The van der Waals surface area contributed by atoms with Crippen molar-refractivity contribution in [1.82, 2.24) is 10.4 Å². The highest BCUT2D eigenvalue weighted by Crippen LogP contribution is 2.22. The molecule has 1 unspecified atom stereocenters. The van der Waals surface area contributed by atoms with Gasteiger partial charge in [0.1, 0.15) is 0 Å². The van der Waals surface area contributed by atoms with Gasteiger partial charge in [0, 0.05) is 11.5 Å². The number of hydrogen-bond donors (Lipinski definition) is 1. The molecule has 0 bridgehead atoms. The predicted molar refractivity (Wildman–Crippen MR) is 76.2 cm³/mol. The van der Waals surface area contributed by atoms with Gasteiger partial charge in [0.2, 0.25) is 0 Å². The van der Waals surface area contributed by atoms with Crippen molar-refractivity contribution in [3.63, 3.8) is 0 Å². The van der Waals surface area contributed by atoms with Crippen LogP contribution in [-0.4, -0.2) is 18.1 Å². The summed E-state index contributed by atoms with van der Waals surface area (Å²) in [6.07, 6.45) is 6.32. The molecule has 0 spiro atoms. The van der Waals surface area contributed by atoms with E-state index in [1.54, 1.807) is 0 Å². The molecule has 0 aliphatic rings. The first-order valence-electron chi connectivity index (χ1n) is 5.61. The summed E-state index contributed by atoms with van der Waals surface area (Å²) < 4.78 is 1.17. The molecule has 0 aromatic carbocycles. The zero-order valence-corrected chi connectivity index (χ0v) is 12.7. The molecule has 0 saturated heterocycles. The molecule has 92 valence electrons. The third-order valence-corrected chi connectivity index (χ3v) is 3.79. The van der Waals surface area contributed by atoms with E-state index in [4.69, 9.17) is 0 Å². The van der Waals surface area contributed by atoms with Crippen LogP contribution in [0.1, 0.15) is 34.6 Å². The van der Waals surface area contributed by atoms with Crippen molar-refractivity contribution >= 4 is 15.9 Å². The average Bonchev–Trinajstić information content (AvgIpc) is 2.32. The number of hydrogen-bond acceptors (Lipinski definition) is 2. The molecular formula is C13H23BrN2. The molecule has 0 radical (unpaired) electrons. The summed E-state index contributed by atoms with van der Waals surface area (Å²) in [5.74, 6) is 0. The molecule has 2 nitrogen and oxygen atoms in total. The molecule has 1 atom stereocenters. The van der Waals surface area contributed by atoms with Gasteiger partial charge in [-0.3, -0.25) is 0 Å². The zero-order chi connectivity index (χ0) is 12.7. The van der Waals surface area contributed by atoms with Gasteiger partial charge in [-0.15, -0.1) is 0 Å². The Morgan fingerprint density at radius 3 is 2.06 bits per heavy atom. The maximum atomic E-state index is 3.58. The lowest BCUT2D eigenvalue weighted by Crippen LogP contribution is -2.41. The Balaban J connectivity index is 5.13. The second kappa shape index (κ2) is 7.69. The van der Waals surface area contributed by atoms with Gasteiger partial charge in [-0.1, -0.05) is 34.2 Å². The summed E-state index contributed by atoms with van der Waals surface area (Å²) in [4.78, 5) is 0. The van der Waals surface area contributed by atoms with Crippen LogP contribution in [0.3, 0.4) is 0 Å². The fourth-order valence-corrected chi connectivity index (χ4v) is 1.80. The topological polar surface area (TPSA) is 15.3 Å². The molecule has 16 heavy (non-hydrogen) atoms. The van der Waals surface area contributed by atoms with Gasteiger partial charge in [0.25, 0.3) is 0 Å². The maximum absolute atomic E-state index is 3.58. The van der Waals surface area contributed by atoms with Crippen molar-refractivity contribution in [2.45, 2.75) is 40.7 Å². The lowest BCUT2D eigenvalue weighted by Gasteiger charge is -2.32. The summed E-state index contributed by atoms with van der Waals surface area (Å²) >= 11 is 3.58. The van der Waals surface area contributed by atoms with Crippen molar-refractivity contribution in [2.24, 2.45) is 0 Å². The molecule has 0 rings (SSSR count). The number of halogens is 1. The predicted octanol–water partition coefficient (Wildman–Crippen LogP) is 3.98. The molecule has 0 amide bonds. The van der Waals surface area contributed by atoms with E-state index in [2.05, 4.69) is 72.3 Å². The minimum absolute atomic E-state index is 0.274. The minimum atomic E-state index is 0.274. The number of rotatable bonds is 5. The van der Waals surface area contributed by atoms with Gasteiger partial charge in [0.05, 0.1) is 11.7 Å². The van der Waals surface area contributed by atoms with Gasteiger partial charge in [0.15, 0.2) is 0 Å². The highest BCUT2D eigenvalue weighted by atomic mass is 79.9. The fourth-order valence-electron chi connectivity index (χ4n) is 1.59. The minimum Gasteiger partial charge on any atom is -0.301 e. The summed E-state index contributed by atoms with van der Waals surface area (Å²) in [5, 5.41) is 2.15. The Morgan fingerprint density at radius 1 is 1.19 bits per heavy atom. The number of nitrogens with zero attached hydrogens (tertiary/aromatic N) is 1. The molecule has 0 aliphatic carbocycles. The van der Waals surface area contributed by atoms with Crippen molar-refractivity contribution in [3.05, 3.63) is 34.0 Å². The number of allylic oxidation sites excluding steroid dienone is 4. The molecule has 0 aromatic heterocycles. The third-order valence-electron chi connectivity index (χ3n) is 2.67. The van der Waals surface area contributed by atoms with Crippen molar-refractivity contribution in [3.8, 4) is 0 Å². The Hall–Kier alpha value is -0.540. The molecule has 0 heterocycles. The molecule has 3 heteroatoms. The zero-order valence-electron chi connectivity index (χ0n) is 11.1. The highest BCUT2D eigenvalue weighted by molar-refractivity contribution is 9.11. The van der Waals surface area contributed by atoms with Gasteiger partial charge in [-0.2, -0.15) is 0 Å². The van der Waals surface area contributed by atoms with Crippen LogP contribution in [0.15, 0.2) is 34.0 Å². The summed E-state index contributed by atoms with van der Waals surface area (Å²) in [5.41, 5.74) is 5.71. The lowest BCUT2D eigenvalue weighted by atomic mass is 10.1. The standard InChI is InChI=1S/C13H23BrN2/c1-7-10(4)13(9-3)16(15-6)11(5)12(14)8-2/h7-9,11,15H,1-6H3/b10-7+,12-8+,13-9+. The fraction of sp³-hybridized carbons (Fsp3) is 0.538. The van der Waals surface area contributed by atoms with Crippen LogP contribution < -0.4 is 5.43 Å². The van der Waals surface area contributed by atoms with E-state index in [-0.39, 0.29) is 6.04 Å². The van der Waals surface area contributed by atoms with Gasteiger partial charge < -0.3 is 5.01 Å². The van der Waals surface area contributed by atoms with Crippen LogP contribution in [0.25, 0.3) is 0 Å². The Kier molecular flexibility index (Phi) is 7.43. The van der Waals surface area contributed by atoms with Crippen LogP contribution in [0.4, 0.5) is 0 Å². The first-order valence-corrected chi connectivity index (χ1v) is 6.40. The summed E-state index contributed by atoms with van der Waals surface area (Å²) in [6, 6.07) is 0.274. The van der Waals surface area contributed by atoms with E-state index < -0.39 is 0 Å². The second-order valence-corrected chi connectivity index (χ2v) is 4.50. The van der Waals surface area contributed by atoms with Gasteiger partial charge in [-0.25, -0.2) is 5.43 Å². The highest BCUT2D eigenvalue weighted by Gasteiger charge is 2.17. The molecule has 0 saturated carbocycles. The lowest BCUT2D eigenvalue weighted by molar-refractivity contribution is 0.239.